The predicted molar refractivity (Wildman–Crippen MR) is 67.1 cm³/mol. The Hall–Kier alpha value is -1.67. The van der Waals surface area contributed by atoms with Crippen LogP contribution in [0.15, 0.2) is 48.7 Å². The van der Waals surface area contributed by atoms with E-state index in [9.17, 15) is 0 Å². The average molecular weight is 212 g/mol. The molecule has 82 valence electrons. The maximum absolute atomic E-state index is 4.35. The van der Waals surface area contributed by atoms with Crippen molar-refractivity contribution in [3.8, 4) is 11.3 Å². The smallest absolute Gasteiger partial charge is 0.0702 e. The molecule has 0 aliphatic carbocycles. The molecule has 0 radical (unpaired) electrons. The number of hydrogen-bond donors (Lipinski definition) is 1. The lowest BCUT2D eigenvalue weighted by Gasteiger charge is -2.05. The SMILES string of the molecule is CCNCc1cccc(-c2ccccn2)c1. The van der Waals surface area contributed by atoms with Crippen molar-refractivity contribution >= 4 is 0 Å². The van der Waals surface area contributed by atoms with Crippen LogP contribution in [0.3, 0.4) is 0 Å². The minimum Gasteiger partial charge on any atom is -0.313 e. The summed E-state index contributed by atoms with van der Waals surface area (Å²) in [5.74, 6) is 0. The molecular formula is C14H16N2. The molecular weight excluding hydrogens is 196 g/mol. The third-order valence-corrected chi connectivity index (χ3v) is 2.47. The fourth-order valence-electron chi connectivity index (χ4n) is 1.64. The lowest BCUT2D eigenvalue weighted by molar-refractivity contribution is 0.727. The van der Waals surface area contributed by atoms with E-state index in [0.29, 0.717) is 0 Å². The van der Waals surface area contributed by atoms with E-state index >= 15 is 0 Å². The van der Waals surface area contributed by atoms with E-state index in [0.717, 1.165) is 18.8 Å². The highest BCUT2D eigenvalue weighted by Crippen LogP contribution is 2.17. The largest absolute Gasteiger partial charge is 0.313 e. The third-order valence-electron chi connectivity index (χ3n) is 2.47. The zero-order valence-corrected chi connectivity index (χ0v) is 9.48. The van der Waals surface area contributed by atoms with Crippen LogP contribution in [0.4, 0.5) is 0 Å². The molecule has 0 spiro atoms. The van der Waals surface area contributed by atoms with Crippen molar-refractivity contribution in [3.63, 3.8) is 0 Å². The van der Waals surface area contributed by atoms with E-state index in [1.165, 1.54) is 11.1 Å². The quantitative estimate of drug-likeness (QED) is 0.843. The van der Waals surface area contributed by atoms with Gasteiger partial charge in [-0.15, -0.1) is 0 Å². The lowest BCUT2D eigenvalue weighted by atomic mass is 10.1. The molecule has 0 fully saturated rings. The fourth-order valence-corrected chi connectivity index (χ4v) is 1.64. The van der Waals surface area contributed by atoms with Crippen LogP contribution in [-0.4, -0.2) is 11.5 Å². The average Bonchev–Trinajstić information content (AvgIpc) is 2.38. The molecule has 1 aromatic carbocycles. The van der Waals surface area contributed by atoms with Gasteiger partial charge in [0.1, 0.15) is 0 Å². The van der Waals surface area contributed by atoms with Crippen LogP contribution in [0.5, 0.6) is 0 Å². The molecule has 0 atom stereocenters. The Balaban J connectivity index is 2.22. The van der Waals surface area contributed by atoms with Gasteiger partial charge in [-0.1, -0.05) is 31.2 Å². The summed E-state index contributed by atoms with van der Waals surface area (Å²) in [6.07, 6.45) is 1.83. The highest BCUT2D eigenvalue weighted by molar-refractivity contribution is 5.59. The Labute approximate surface area is 96.4 Å². The lowest BCUT2D eigenvalue weighted by Crippen LogP contribution is -2.11. The van der Waals surface area contributed by atoms with Crippen molar-refractivity contribution in [1.29, 1.82) is 0 Å². The van der Waals surface area contributed by atoms with Crippen LogP contribution in [0, 0.1) is 0 Å². The normalized spacial score (nSPS) is 10.3. The van der Waals surface area contributed by atoms with Crippen molar-refractivity contribution in [2.24, 2.45) is 0 Å². The van der Waals surface area contributed by atoms with Crippen molar-refractivity contribution < 1.29 is 0 Å². The van der Waals surface area contributed by atoms with Gasteiger partial charge in [0.15, 0.2) is 0 Å². The molecule has 1 N–H and O–H groups in total. The third kappa shape index (κ3) is 2.67. The molecule has 2 heteroatoms. The minimum absolute atomic E-state index is 0.914. The topological polar surface area (TPSA) is 24.9 Å². The number of rotatable bonds is 4. The number of nitrogens with one attached hydrogen (secondary N) is 1. The zero-order valence-electron chi connectivity index (χ0n) is 9.48. The van der Waals surface area contributed by atoms with Crippen molar-refractivity contribution in [3.05, 3.63) is 54.2 Å². The monoisotopic (exact) mass is 212 g/mol. The summed E-state index contributed by atoms with van der Waals surface area (Å²) in [5, 5.41) is 3.32. The predicted octanol–water partition coefficient (Wildman–Crippen LogP) is 2.86. The first-order chi connectivity index (χ1) is 7.90. The highest BCUT2D eigenvalue weighted by atomic mass is 14.8. The number of hydrogen-bond acceptors (Lipinski definition) is 2. The van der Waals surface area contributed by atoms with Crippen molar-refractivity contribution in [1.82, 2.24) is 10.3 Å². The maximum Gasteiger partial charge on any atom is 0.0702 e. The second kappa shape index (κ2) is 5.42. The highest BCUT2D eigenvalue weighted by Gasteiger charge is 1.99. The summed E-state index contributed by atoms with van der Waals surface area (Å²) in [7, 11) is 0. The Kier molecular flexibility index (Phi) is 3.67. The zero-order chi connectivity index (χ0) is 11.2. The summed E-state index contributed by atoms with van der Waals surface area (Å²) in [5.41, 5.74) is 3.50. The van der Waals surface area contributed by atoms with Gasteiger partial charge in [0.25, 0.3) is 0 Å². The van der Waals surface area contributed by atoms with Crippen LogP contribution < -0.4 is 5.32 Å². The van der Waals surface area contributed by atoms with Crippen molar-refractivity contribution in [2.75, 3.05) is 6.54 Å². The molecule has 0 amide bonds. The molecule has 0 saturated heterocycles. The van der Waals surface area contributed by atoms with Gasteiger partial charge < -0.3 is 5.32 Å². The van der Waals surface area contributed by atoms with Gasteiger partial charge in [0.05, 0.1) is 5.69 Å². The van der Waals surface area contributed by atoms with Crippen LogP contribution in [0.1, 0.15) is 12.5 Å². The van der Waals surface area contributed by atoms with E-state index in [1.807, 2.05) is 24.4 Å². The molecule has 0 aliphatic rings. The van der Waals surface area contributed by atoms with Crippen LogP contribution in [0.25, 0.3) is 11.3 Å². The van der Waals surface area contributed by atoms with Gasteiger partial charge >= 0.3 is 0 Å². The number of aromatic nitrogens is 1. The number of pyridine rings is 1. The Morgan fingerprint density at radius 3 is 2.81 bits per heavy atom. The molecule has 1 aromatic heterocycles. The second-order valence-electron chi connectivity index (χ2n) is 3.70. The molecule has 16 heavy (non-hydrogen) atoms. The van der Waals surface area contributed by atoms with Crippen LogP contribution in [0.2, 0.25) is 0 Å². The standard InChI is InChI=1S/C14H16N2/c1-2-15-11-12-6-5-7-13(10-12)14-8-3-4-9-16-14/h3-10,15H,2,11H2,1H3. The van der Waals surface area contributed by atoms with Gasteiger partial charge in [-0.2, -0.15) is 0 Å². The van der Waals surface area contributed by atoms with Gasteiger partial charge in [0.2, 0.25) is 0 Å². The minimum atomic E-state index is 0.914. The summed E-state index contributed by atoms with van der Waals surface area (Å²) in [6.45, 7) is 4.02. The molecule has 1 heterocycles. The van der Waals surface area contributed by atoms with Gasteiger partial charge in [0, 0.05) is 18.3 Å². The van der Waals surface area contributed by atoms with Crippen LogP contribution >= 0.6 is 0 Å². The van der Waals surface area contributed by atoms with Gasteiger partial charge in [-0.3, -0.25) is 4.98 Å². The first-order valence-electron chi connectivity index (χ1n) is 5.61. The van der Waals surface area contributed by atoms with E-state index in [-0.39, 0.29) is 0 Å². The van der Waals surface area contributed by atoms with Gasteiger partial charge in [-0.25, -0.2) is 0 Å². The molecule has 2 rings (SSSR count). The summed E-state index contributed by atoms with van der Waals surface area (Å²) in [6, 6.07) is 14.5. The molecule has 2 aromatic rings. The Morgan fingerprint density at radius 1 is 1.12 bits per heavy atom. The van der Waals surface area contributed by atoms with Gasteiger partial charge in [-0.05, 0) is 30.3 Å². The summed E-state index contributed by atoms with van der Waals surface area (Å²) < 4.78 is 0. The van der Waals surface area contributed by atoms with E-state index in [4.69, 9.17) is 0 Å². The molecule has 2 nitrogen and oxygen atoms in total. The Morgan fingerprint density at radius 2 is 2.06 bits per heavy atom. The fraction of sp³-hybridized carbons (Fsp3) is 0.214. The molecule has 0 unspecified atom stereocenters. The summed E-state index contributed by atoms with van der Waals surface area (Å²) in [4.78, 5) is 4.35. The molecule has 0 aliphatic heterocycles. The molecule has 0 bridgehead atoms. The van der Waals surface area contributed by atoms with E-state index in [2.05, 4.69) is 41.5 Å². The van der Waals surface area contributed by atoms with Crippen molar-refractivity contribution in [2.45, 2.75) is 13.5 Å². The second-order valence-corrected chi connectivity index (χ2v) is 3.70. The number of nitrogens with zero attached hydrogens (tertiary/aromatic N) is 1. The first kappa shape index (κ1) is 10.8. The van der Waals surface area contributed by atoms with Crippen LogP contribution in [-0.2, 0) is 6.54 Å². The summed E-state index contributed by atoms with van der Waals surface area (Å²) >= 11 is 0. The van der Waals surface area contributed by atoms with E-state index in [1.54, 1.807) is 0 Å². The van der Waals surface area contributed by atoms with E-state index < -0.39 is 0 Å². The molecule has 0 saturated carbocycles. The Bertz CT molecular complexity index is 437. The number of benzene rings is 1. The first-order valence-corrected chi connectivity index (χ1v) is 5.61. The maximum atomic E-state index is 4.35.